The van der Waals surface area contributed by atoms with Gasteiger partial charge in [-0.15, -0.1) is 0 Å². The molecule has 0 amide bonds. The maximum Gasteiger partial charge on any atom is 0.240 e. The van der Waals surface area contributed by atoms with Crippen molar-refractivity contribution in [2.24, 2.45) is 0 Å². The summed E-state index contributed by atoms with van der Waals surface area (Å²) in [5.41, 5.74) is -0.107. The van der Waals surface area contributed by atoms with E-state index in [1.807, 2.05) is 19.0 Å². The van der Waals surface area contributed by atoms with E-state index >= 15 is 0 Å². The molecule has 7 heteroatoms. The molecule has 1 aromatic carbocycles. The van der Waals surface area contributed by atoms with Gasteiger partial charge in [-0.2, -0.15) is 0 Å². The van der Waals surface area contributed by atoms with Gasteiger partial charge in [0.15, 0.2) is 0 Å². The van der Waals surface area contributed by atoms with E-state index in [0.29, 0.717) is 6.54 Å². The summed E-state index contributed by atoms with van der Waals surface area (Å²) in [5, 5.41) is 0.0640. The Morgan fingerprint density at radius 1 is 1.37 bits per heavy atom. The third-order valence-electron chi connectivity index (χ3n) is 3.51. The third-order valence-corrected chi connectivity index (χ3v) is 5.11. The van der Waals surface area contributed by atoms with Crippen LogP contribution in [0.3, 0.4) is 0 Å². The van der Waals surface area contributed by atoms with E-state index in [-0.39, 0.29) is 15.5 Å². The van der Waals surface area contributed by atoms with Crippen molar-refractivity contribution in [2.45, 2.75) is 23.3 Å². The number of hydrogen-bond acceptors (Lipinski definition) is 3. The van der Waals surface area contributed by atoms with Gasteiger partial charge in [0.1, 0.15) is 5.82 Å². The third kappa shape index (κ3) is 3.25. The lowest BCUT2D eigenvalue weighted by molar-refractivity contribution is 0.272. The van der Waals surface area contributed by atoms with Crippen molar-refractivity contribution in [2.75, 3.05) is 20.6 Å². The predicted molar refractivity (Wildman–Crippen MR) is 72.3 cm³/mol. The number of likely N-dealkylation sites (N-methyl/N-ethyl adjacent to an activating group) is 1. The van der Waals surface area contributed by atoms with Gasteiger partial charge in [-0.1, -0.05) is 11.6 Å². The summed E-state index contributed by atoms with van der Waals surface area (Å²) in [7, 11) is 0.101. The zero-order chi connectivity index (χ0) is 14.3. The van der Waals surface area contributed by atoms with E-state index in [2.05, 4.69) is 4.72 Å². The van der Waals surface area contributed by atoms with E-state index in [1.54, 1.807) is 0 Å². The van der Waals surface area contributed by atoms with E-state index in [4.69, 9.17) is 11.6 Å². The van der Waals surface area contributed by atoms with Gasteiger partial charge in [0.2, 0.25) is 10.0 Å². The molecule has 106 valence electrons. The molecule has 0 spiro atoms. The summed E-state index contributed by atoms with van der Waals surface area (Å²) in [6.45, 7) is 0.316. The van der Waals surface area contributed by atoms with Crippen LogP contribution in [0.5, 0.6) is 0 Å². The van der Waals surface area contributed by atoms with Gasteiger partial charge in [0, 0.05) is 17.1 Å². The Bertz CT molecular complexity index is 565. The molecule has 19 heavy (non-hydrogen) atoms. The van der Waals surface area contributed by atoms with Crippen molar-refractivity contribution in [1.82, 2.24) is 9.62 Å². The quantitative estimate of drug-likeness (QED) is 0.903. The Morgan fingerprint density at radius 2 is 2.00 bits per heavy atom. The first-order chi connectivity index (χ1) is 8.75. The van der Waals surface area contributed by atoms with Gasteiger partial charge in [-0.3, -0.25) is 0 Å². The molecular formula is C12H16ClFN2O2S. The summed E-state index contributed by atoms with van der Waals surface area (Å²) in [6, 6.07) is 3.27. The van der Waals surface area contributed by atoms with Crippen molar-refractivity contribution < 1.29 is 12.8 Å². The number of sulfonamides is 1. The lowest BCUT2D eigenvalue weighted by Crippen LogP contribution is -2.42. The molecular weight excluding hydrogens is 291 g/mol. The smallest absolute Gasteiger partial charge is 0.240 e. The molecule has 1 aliphatic rings. The molecule has 2 rings (SSSR count). The lowest BCUT2D eigenvalue weighted by Gasteiger charge is -2.23. The highest BCUT2D eigenvalue weighted by atomic mass is 35.5. The van der Waals surface area contributed by atoms with Crippen LogP contribution in [-0.2, 0) is 10.0 Å². The van der Waals surface area contributed by atoms with Gasteiger partial charge in [0.25, 0.3) is 0 Å². The zero-order valence-corrected chi connectivity index (χ0v) is 12.4. The van der Waals surface area contributed by atoms with Crippen molar-refractivity contribution in [3.05, 3.63) is 29.0 Å². The Hall–Kier alpha value is -0.690. The Balaban J connectivity index is 2.15. The number of rotatable bonds is 5. The van der Waals surface area contributed by atoms with Crippen LogP contribution >= 0.6 is 11.6 Å². The molecule has 1 saturated carbocycles. The molecule has 0 aliphatic heterocycles. The maximum absolute atomic E-state index is 13.2. The summed E-state index contributed by atoms with van der Waals surface area (Å²) in [6.07, 6.45) is 1.90. The van der Waals surface area contributed by atoms with Gasteiger partial charge in [-0.25, -0.2) is 17.5 Å². The van der Waals surface area contributed by atoms with E-state index in [1.165, 1.54) is 6.07 Å². The zero-order valence-electron chi connectivity index (χ0n) is 10.8. The average Bonchev–Trinajstić information content (AvgIpc) is 3.06. The maximum atomic E-state index is 13.2. The fourth-order valence-electron chi connectivity index (χ4n) is 1.92. The Morgan fingerprint density at radius 3 is 2.47 bits per heavy atom. The van der Waals surface area contributed by atoms with Crippen molar-refractivity contribution in [3.63, 3.8) is 0 Å². The lowest BCUT2D eigenvalue weighted by atomic mass is 10.2. The first-order valence-electron chi connectivity index (χ1n) is 5.88. The number of nitrogens with one attached hydrogen (secondary N) is 1. The van der Waals surface area contributed by atoms with Gasteiger partial charge < -0.3 is 4.90 Å². The minimum absolute atomic E-state index is 0.0640. The van der Waals surface area contributed by atoms with Crippen LogP contribution in [0, 0.1) is 5.82 Å². The molecule has 0 heterocycles. The monoisotopic (exact) mass is 306 g/mol. The minimum atomic E-state index is -3.73. The van der Waals surface area contributed by atoms with E-state index in [0.717, 1.165) is 25.0 Å². The first kappa shape index (κ1) is 14.7. The van der Waals surface area contributed by atoms with Crippen LogP contribution in [0.4, 0.5) is 4.39 Å². The highest BCUT2D eigenvalue weighted by Gasteiger charge is 2.45. The summed E-state index contributed by atoms with van der Waals surface area (Å²) in [4.78, 5) is 1.86. The summed E-state index contributed by atoms with van der Waals surface area (Å²) < 4.78 is 39.9. The predicted octanol–water partition coefficient (Wildman–Crippen LogP) is 1.85. The molecule has 0 radical (unpaired) electrons. The highest BCUT2D eigenvalue weighted by molar-refractivity contribution is 7.89. The van der Waals surface area contributed by atoms with Gasteiger partial charge in [-0.05, 0) is 45.1 Å². The van der Waals surface area contributed by atoms with Crippen LogP contribution in [0.15, 0.2) is 23.1 Å². The number of halogens is 2. The van der Waals surface area contributed by atoms with Crippen molar-refractivity contribution >= 4 is 21.6 Å². The molecule has 0 saturated heterocycles. The minimum Gasteiger partial charge on any atom is -0.302 e. The molecule has 0 atom stereocenters. The molecule has 0 bridgehead atoms. The van der Waals surface area contributed by atoms with Crippen molar-refractivity contribution in [3.8, 4) is 0 Å². The van der Waals surface area contributed by atoms with E-state index in [9.17, 15) is 12.8 Å². The van der Waals surface area contributed by atoms with Crippen LogP contribution in [0.1, 0.15) is 12.8 Å². The van der Waals surface area contributed by atoms with Crippen LogP contribution in [-0.4, -0.2) is 39.5 Å². The van der Waals surface area contributed by atoms with Crippen molar-refractivity contribution in [1.29, 1.82) is 0 Å². The van der Waals surface area contributed by atoms with E-state index < -0.39 is 15.8 Å². The van der Waals surface area contributed by atoms with Gasteiger partial charge in [0.05, 0.1) is 4.90 Å². The fraction of sp³-hybridized carbons (Fsp3) is 0.500. The standard InChI is InChI=1S/C12H16ClFN2O2S/c1-16(2)12(3-4-12)8-15-19(17,18)11-6-9(13)5-10(14)7-11/h5-7,15H,3-4,8H2,1-2H3. The SMILES string of the molecule is CN(C)C1(CNS(=O)(=O)c2cc(F)cc(Cl)c2)CC1. The molecule has 1 aromatic rings. The van der Waals surface area contributed by atoms with Gasteiger partial charge >= 0.3 is 0 Å². The van der Waals surface area contributed by atoms with Crippen LogP contribution in [0.2, 0.25) is 5.02 Å². The highest BCUT2D eigenvalue weighted by Crippen LogP contribution is 2.39. The molecule has 0 aromatic heterocycles. The summed E-state index contributed by atoms with van der Waals surface area (Å²) in [5.74, 6) is -0.665. The molecule has 0 unspecified atom stereocenters. The van der Waals surface area contributed by atoms with Crippen LogP contribution < -0.4 is 4.72 Å². The molecule has 1 N–H and O–H groups in total. The Kier molecular flexibility index (Phi) is 3.88. The summed E-state index contributed by atoms with van der Waals surface area (Å²) >= 11 is 5.67. The Labute approximate surface area is 117 Å². The number of hydrogen-bond donors (Lipinski definition) is 1. The molecule has 1 aliphatic carbocycles. The van der Waals surface area contributed by atoms with Crippen LogP contribution in [0.25, 0.3) is 0 Å². The second-order valence-electron chi connectivity index (χ2n) is 5.05. The molecule has 4 nitrogen and oxygen atoms in total. The topological polar surface area (TPSA) is 49.4 Å². The largest absolute Gasteiger partial charge is 0.302 e. The number of benzene rings is 1. The normalized spacial score (nSPS) is 17.7. The average molecular weight is 307 g/mol. The first-order valence-corrected chi connectivity index (χ1v) is 7.74. The second-order valence-corrected chi connectivity index (χ2v) is 7.25. The molecule has 1 fully saturated rings. The number of nitrogens with zero attached hydrogens (tertiary/aromatic N) is 1. The second kappa shape index (κ2) is 5.01. The fourth-order valence-corrected chi connectivity index (χ4v) is 3.38.